The largest absolute Gasteiger partial charge is 0.489 e. The molecule has 0 spiro atoms. The van der Waals surface area contributed by atoms with Crippen LogP contribution in [0, 0.1) is 5.82 Å². The fourth-order valence-corrected chi connectivity index (χ4v) is 1.65. The maximum atomic E-state index is 13.3. The van der Waals surface area contributed by atoms with Gasteiger partial charge in [0.1, 0.15) is 6.61 Å². The van der Waals surface area contributed by atoms with Crippen molar-refractivity contribution in [2.75, 3.05) is 24.2 Å². The molecule has 1 atom stereocenters. The SMILES string of the molecule is CC(Cl)c1nc(N)nc(NCCOc2ccccc2F)n1. The number of para-hydroxylation sites is 1. The van der Waals surface area contributed by atoms with Crippen LogP contribution in [0.2, 0.25) is 0 Å². The molecule has 2 aromatic rings. The van der Waals surface area contributed by atoms with E-state index in [1.165, 1.54) is 6.07 Å². The number of hydrogen-bond donors (Lipinski definition) is 2. The number of anilines is 2. The Morgan fingerprint density at radius 3 is 2.81 bits per heavy atom. The summed E-state index contributed by atoms with van der Waals surface area (Å²) < 4.78 is 18.6. The lowest BCUT2D eigenvalue weighted by Crippen LogP contribution is -2.16. The molecule has 0 amide bonds. The number of rotatable bonds is 6. The number of nitrogens with two attached hydrogens (primary N) is 1. The lowest BCUT2D eigenvalue weighted by atomic mass is 10.3. The van der Waals surface area contributed by atoms with E-state index in [0.717, 1.165) is 0 Å². The van der Waals surface area contributed by atoms with Crippen LogP contribution in [0.1, 0.15) is 18.1 Å². The van der Waals surface area contributed by atoms with Gasteiger partial charge in [0.2, 0.25) is 11.9 Å². The molecule has 3 N–H and O–H groups in total. The van der Waals surface area contributed by atoms with E-state index in [1.807, 2.05) is 0 Å². The summed E-state index contributed by atoms with van der Waals surface area (Å²) in [6.07, 6.45) is 0. The second kappa shape index (κ2) is 7.03. The van der Waals surface area contributed by atoms with Gasteiger partial charge in [-0.3, -0.25) is 0 Å². The van der Waals surface area contributed by atoms with Crippen LogP contribution < -0.4 is 15.8 Å². The first-order valence-corrected chi connectivity index (χ1v) is 6.76. The summed E-state index contributed by atoms with van der Waals surface area (Å²) in [5.74, 6) is 0.582. The first kappa shape index (κ1) is 15.2. The molecular formula is C13H15ClFN5O. The van der Waals surface area contributed by atoms with Gasteiger partial charge in [-0.05, 0) is 19.1 Å². The molecule has 0 fully saturated rings. The maximum absolute atomic E-state index is 13.3. The van der Waals surface area contributed by atoms with E-state index in [4.69, 9.17) is 22.1 Å². The number of nitrogen functional groups attached to an aromatic ring is 1. The molecule has 6 nitrogen and oxygen atoms in total. The average Bonchev–Trinajstić information content (AvgIpc) is 2.44. The fourth-order valence-electron chi connectivity index (χ4n) is 1.55. The summed E-state index contributed by atoms with van der Waals surface area (Å²) in [4.78, 5) is 12.0. The van der Waals surface area contributed by atoms with Gasteiger partial charge in [-0.1, -0.05) is 12.1 Å². The molecule has 21 heavy (non-hydrogen) atoms. The Bertz CT molecular complexity index is 611. The summed E-state index contributed by atoms with van der Waals surface area (Å²) in [6, 6.07) is 6.20. The van der Waals surface area contributed by atoms with Crippen LogP contribution in [-0.4, -0.2) is 28.1 Å². The molecule has 2 rings (SSSR count). The van der Waals surface area contributed by atoms with E-state index in [9.17, 15) is 4.39 Å². The molecule has 0 bridgehead atoms. The van der Waals surface area contributed by atoms with Crippen molar-refractivity contribution in [3.05, 3.63) is 35.9 Å². The predicted molar refractivity (Wildman–Crippen MR) is 78.9 cm³/mol. The van der Waals surface area contributed by atoms with Crippen molar-refractivity contribution in [1.29, 1.82) is 0 Å². The van der Waals surface area contributed by atoms with Crippen LogP contribution in [0.25, 0.3) is 0 Å². The molecule has 0 aliphatic carbocycles. The third-order valence-corrected chi connectivity index (χ3v) is 2.70. The number of ether oxygens (including phenoxy) is 1. The minimum atomic E-state index is -0.403. The van der Waals surface area contributed by atoms with Crippen molar-refractivity contribution in [3.8, 4) is 5.75 Å². The van der Waals surface area contributed by atoms with Crippen LogP contribution in [0.5, 0.6) is 5.75 Å². The van der Waals surface area contributed by atoms with E-state index in [0.29, 0.717) is 18.3 Å². The van der Waals surface area contributed by atoms with E-state index in [2.05, 4.69) is 20.3 Å². The quantitative estimate of drug-likeness (QED) is 0.629. The Hall–Kier alpha value is -2.15. The van der Waals surface area contributed by atoms with Crippen LogP contribution in [0.4, 0.5) is 16.3 Å². The number of aromatic nitrogens is 3. The molecule has 0 saturated carbocycles. The molecule has 0 saturated heterocycles. The molecule has 8 heteroatoms. The van der Waals surface area contributed by atoms with Gasteiger partial charge in [-0.15, -0.1) is 11.6 Å². The number of halogens is 2. The highest BCUT2D eigenvalue weighted by molar-refractivity contribution is 6.20. The van der Waals surface area contributed by atoms with Crippen molar-refractivity contribution < 1.29 is 9.13 Å². The Balaban J connectivity index is 1.88. The van der Waals surface area contributed by atoms with Crippen molar-refractivity contribution in [2.45, 2.75) is 12.3 Å². The highest BCUT2D eigenvalue weighted by atomic mass is 35.5. The van der Waals surface area contributed by atoms with E-state index >= 15 is 0 Å². The Labute approximate surface area is 126 Å². The molecule has 0 radical (unpaired) electrons. The second-order valence-electron chi connectivity index (χ2n) is 4.20. The molecule has 112 valence electrons. The number of alkyl halides is 1. The Kier molecular flexibility index (Phi) is 5.10. The van der Waals surface area contributed by atoms with Crippen molar-refractivity contribution in [2.24, 2.45) is 0 Å². The number of nitrogens with zero attached hydrogens (tertiary/aromatic N) is 3. The standard InChI is InChI=1S/C13H15ClFN5O/c1-8(14)11-18-12(16)20-13(19-11)17-6-7-21-10-5-3-2-4-9(10)15/h2-5,8H,6-7H2,1H3,(H3,16,17,18,19,20). The normalized spacial score (nSPS) is 12.0. The molecule has 0 aliphatic rings. The third-order valence-electron chi connectivity index (χ3n) is 2.51. The van der Waals surface area contributed by atoms with E-state index in [-0.39, 0.29) is 23.7 Å². The first-order chi connectivity index (χ1) is 10.1. The van der Waals surface area contributed by atoms with E-state index < -0.39 is 5.82 Å². The number of hydrogen-bond acceptors (Lipinski definition) is 6. The molecule has 1 aromatic heterocycles. The summed E-state index contributed by atoms with van der Waals surface area (Å²) in [5.41, 5.74) is 5.57. The Morgan fingerprint density at radius 1 is 1.33 bits per heavy atom. The molecule has 1 unspecified atom stereocenters. The summed E-state index contributed by atoms with van der Waals surface area (Å²) >= 11 is 5.90. The minimum Gasteiger partial charge on any atom is -0.489 e. The number of benzene rings is 1. The van der Waals surface area contributed by atoms with E-state index in [1.54, 1.807) is 25.1 Å². The predicted octanol–water partition coefficient (Wildman–Crippen LogP) is 2.38. The van der Waals surface area contributed by atoms with Gasteiger partial charge in [-0.2, -0.15) is 15.0 Å². The monoisotopic (exact) mass is 311 g/mol. The van der Waals surface area contributed by atoms with Crippen molar-refractivity contribution >= 4 is 23.5 Å². The third kappa shape index (κ3) is 4.42. The van der Waals surface area contributed by atoms with Gasteiger partial charge in [0.25, 0.3) is 0 Å². The summed E-state index contributed by atoms with van der Waals surface area (Å²) in [7, 11) is 0. The minimum absolute atomic E-state index is 0.0880. The van der Waals surface area contributed by atoms with Crippen LogP contribution in [0.3, 0.4) is 0 Å². The molecule has 1 heterocycles. The Morgan fingerprint density at radius 2 is 2.10 bits per heavy atom. The lowest BCUT2D eigenvalue weighted by Gasteiger charge is -2.09. The zero-order chi connectivity index (χ0) is 15.2. The van der Waals surface area contributed by atoms with Gasteiger partial charge in [-0.25, -0.2) is 4.39 Å². The zero-order valence-corrected chi connectivity index (χ0v) is 12.1. The van der Waals surface area contributed by atoms with Gasteiger partial charge in [0.15, 0.2) is 17.4 Å². The van der Waals surface area contributed by atoms with Gasteiger partial charge in [0, 0.05) is 0 Å². The molecule has 1 aromatic carbocycles. The fraction of sp³-hybridized carbons (Fsp3) is 0.308. The first-order valence-electron chi connectivity index (χ1n) is 6.33. The van der Waals surface area contributed by atoms with Crippen LogP contribution in [0.15, 0.2) is 24.3 Å². The topological polar surface area (TPSA) is 86.0 Å². The maximum Gasteiger partial charge on any atom is 0.227 e. The van der Waals surface area contributed by atoms with Gasteiger partial charge in [0.05, 0.1) is 11.9 Å². The number of nitrogens with one attached hydrogen (secondary N) is 1. The highest BCUT2D eigenvalue weighted by Crippen LogP contribution is 2.17. The van der Waals surface area contributed by atoms with Gasteiger partial charge >= 0.3 is 0 Å². The lowest BCUT2D eigenvalue weighted by molar-refractivity contribution is 0.315. The van der Waals surface area contributed by atoms with Gasteiger partial charge < -0.3 is 15.8 Å². The van der Waals surface area contributed by atoms with Crippen molar-refractivity contribution in [1.82, 2.24) is 15.0 Å². The molecular weight excluding hydrogens is 297 g/mol. The van der Waals surface area contributed by atoms with Crippen LogP contribution >= 0.6 is 11.6 Å². The van der Waals surface area contributed by atoms with Crippen molar-refractivity contribution in [3.63, 3.8) is 0 Å². The van der Waals surface area contributed by atoms with Crippen LogP contribution in [-0.2, 0) is 0 Å². The summed E-state index contributed by atoms with van der Waals surface area (Å²) in [6.45, 7) is 2.37. The molecule has 0 aliphatic heterocycles. The highest BCUT2D eigenvalue weighted by Gasteiger charge is 2.09. The average molecular weight is 312 g/mol. The smallest absolute Gasteiger partial charge is 0.227 e. The second-order valence-corrected chi connectivity index (χ2v) is 4.85. The summed E-state index contributed by atoms with van der Waals surface area (Å²) in [5, 5.41) is 2.55. The zero-order valence-electron chi connectivity index (χ0n) is 11.4.